The SMILES string of the molecule is O=C1CCCCN1c1ccc(CNc2ccccc2S(=O)(=O)C(F)F)cc1. The van der Waals surface area contributed by atoms with Gasteiger partial charge in [-0.05, 0) is 42.7 Å². The van der Waals surface area contributed by atoms with Gasteiger partial charge in [0.2, 0.25) is 15.7 Å². The van der Waals surface area contributed by atoms with Crippen molar-refractivity contribution < 1.29 is 22.0 Å². The normalized spacial score (nSPS) is 15.2. The molecule has 0 spiro atoms. The summed E-state index contributed by atoms with van der Waals surface area (Å²) >= 11 is 0. The zero-order valence-electron chi connectivity index (χ0n) is 14.6. The average Bonchev–Trinajstić information content (AvgIpc) is 2.67. The Labute approximate surface area is 156 Å². The maximum Gasteiger partial charge on any atom is 0.341 e. The molecule has 0 unspecified atom stereocenters. The van der Waals surface area contributed by atoms with E-state index in [1.54, 1.807) is 11.0 Å². The molecule has 1 fully saturated rings. The number of hydrogen-bond donors (Lipinski definition) is 1. The predicted octanol–water partition coefficient (Wildman–Crippen LogP) is 3.81. The van der Waals surface area contributed by atoms with E-state index in [1.165, 1.54) is 12.1 Å². The fourth-order valence-electron chi connectivity index (χ4n) is 3.03. The third kappa shape index (κ3) is 4.27. The van der Waals surface area contributed by atoms with Crippen LogP contribution in [-0.4, -0.2) is 26.6 Å². The number of carbonyl (C=O) groups excluding carboxylic acids is 1. The van der Waals surface area contributed by atoms with Crippen molar-refractivity contribution in [2.45, 2.75) is 36.5 Å². The number of anilines is 2. The summed E-state index contributed by atoms with van der Waals surface area (Å²) in [7, 11) is -4.68. The Morgan fingerprint density at radius 1 is 1.04 bits per heavy atom. The van der Waals surface area contributed by atoms with E-state index in [-0.39, 0.29) is 18.1 Å². The van der Waals surface area contributed by atoms with Gasteiger partial charge in [0, 0.05) is 25.2 Å². The smallest absolute Gasteiger partial charge is 0.341 e. The first-order valence-electron chi connectivity index (χ1n) is 8.64. The number of nitrogens with zero attached hydrogens (tertiary/aromatic N) is 1. The van der Waals surface area contributed by atoms with Crippen molar-refractivity contribution in [3.8, 4) is 0 Å². The minimum Gasteiger partial charge on any atom is -0.380 e. The van der Waals surface area contributed by atoms with E-state index in [4.69, 9.17) is 0 Å². The Morgan fingerprint density at radius 2 is 1.74 bits per heavy atom. The van der Waals surface area contributed by atoms with Crippen molar-refractivity contribution >= 4 is 27.1 Å². The van der Waals surface area contributed by atoms with E-state index >= 15 is 0 Å². The number of hydrogen-bond acceptors (Lipinski definition) is 4. The first kappa shape index (κ1) is 19.3. The molecule has 1 amide bonds. The number of nitrogens with one attached hydrogen (secondary N) is 1. The molecule has 1 aliphatic heterocycles. The lowest BCUT2D eigenvalue weighted by Crippen LogP contribution is -2.35. The van der Waals surface area contributed by atoms with Gasteiger partial charge < -0.3 is 10.2 Å². The summed E-state index contributed by atoms with van der Waals surface area (Å²) in [5.41, 5.74) is 1.80. The van der Waals surface area contributed by atoms with Gasteiger partial charge in [0.25, 0.3) is 0 Å². The van der Waals surface area contributed by atoms with Gasteiger partial charge in [-0.2, -0.15) is 8.78 Å². The molecular formula is C19H20F2N2O3S. The monoisotopic (exact) mass is 394 g/mol. The summed E-state index contributed by atoms with van der Waals surface area (Å²) in [6.07, 6.45) is 2.45. The number of carbonyl (C=O) groups is 1. The Morgan fingerprint density at radius 3 is 2.41 bits per heavy atom. The van der Waals surface area contributed by atoms with Crippen LogP contribution in [0.25, 0.3) is 0 Å². The molecule has 1 N–H and O–H groups in total. The van der Waals surface area contributed by atoms with Crippen LogP contribution in [0.2, 0.25) is 0 Å². The molecular weight excluding hydrogens is 374 g/mol. The molecule has 8 heteroatoms. The Kier molecular flexibility index (Phi) is 5.74. The van der Waals surface area contributed by atoms with Gasteiger partial charge in [-0.15, -0.1) is 0 Å². The van der Waals surface area contributed by atoms with Crippen molar-refractivity contribution in [2.75, 3.05) is 16.8 Å². The van der Waals surface area contributed by atoms with Crippen molar-refractivity contribution in [3.63, 3.8) is 0 Å². The molecule has 0 atom stereocenters. The first-order valence-corrected chi connectivity index (χ1v) is 10.2. The summed E-state index contributed by atoms with van der Waals surface area (Å²) in [4.78, 5) is 13.3. The molecule has 0 radical (unpaired) electrons. The highest BCUT2D eigenvalue weighted by molar-refractivity contribution is 7.91. The lowest BCUT2D eigenvalue weighted by Gasteiger charge is -2.26. The van der Waals surface area contributed by atoms with Crippen molar-refractivity contribution in [1.82, 2.24) is 0 Å². The Bertz CT molecular complexity index is 915. The van der Waals surface area contributed by atoms with Gasteiger partial charge in [-0.1, -0.05) is 24.3 Å². The number of sulfone groups is 1. The van der Waals surface area contributed by atoms with E-state index in [2.05, 4.69) is 5.32 Å². The average molecular weight is 394 g/mol. The van der Waals surface area contributed by atoms with Crippen LogP contribution in [0.3, 0.4) is 0 Å². The third-order valence-electron chi connectivity index (χ3n) is 4.48. The quantitative estimate of drug-likeness (QED) is 0.809. The largest absolute Gasteiger partial charge is 0.380 e. The van der Waals surface area contributed by atoms with Crippen molar-refractivity contribution in [3.05, 3.63) is 54.1 Å². The van der Waals surface area contributed by atoms with Gasteiger partial charge in [0.05, 0.1) is 10.6 Å². The van der Waals surface area contributed by atoms with Crippen LogP contribution < -0.4 is 10.2 Å². The molecule has 3 rings (SSSR count). The molecule has 1 saturated heterocycles. The van der Waals surface area contributed by atoms with Gasteiger partial charge in [-0.25, -0.2) is 8.42 Å². The van der Waals surface area contributed by atoms with Crippen molar-refractivity contribution in [1.29, 1.82) is 0 Å². The summed E-state index contributed by atoms with van der Waals surface area (Å²) in [6, 6.07) is 12.9. The maximum atomic E-state index is 12.8. The molecule has 27 heavy (non-hydrogen) atoms. The van der Waals surface area contributed by atoms with Crippen LogP contribution >= 0.6 is 0 Å². The number of rotatable bonds is 6. The number of benzene rings is 2. The molecule has 0 bridgehead atoms. The second kappa shape index (κ2) is 8.04. The summed E-state index contributed by atoms with van der Waals surface area (Å²) in [5.74, 6) is -3.36. The first-order chi connectivity index (χ1) is 12.9. The molecule has 1 aliphatic rings. The number of piperidine rings is 1. The van der Waals surface area contributed by atoms with Crippen LogP contribution in [0.5, 0.6) is 0 Å². The van der Waals surface area contributed by atoms with Gasteiger partial charge in [-0.3, -0.25) is 4.79 Å². The minimum absolute atomic E-state index is 0.109. The Hall–Kier alpha value is -2.48. The number of halogens is 2. The van der Waals surface area contributed by atoms with Crippen LogP contribution in [0.1, 0.15) is 24.8 Å². The highest BCUT2D eigenvalue weighted by Gasteiger charge is 2.28. The second-order valence-corrected chi connectivity index (χ2v) is 8.21. The summed E-state index contributed by atoms with van der Waals surface area (Å²) in [6.45, 7) is 0.972. The second-order valence-electron chi connectivity index (χ2n) is 6.32. The molecule has 0 aliphatic carbocycles. The van der Waals surface area contributed by atoms with Gasteiger partial charge in [0.1, 0.15) is 0 Å². The third-order valence-corrected chi connectivity index (χ3v) is 5.92. The molecule has 0 saturated carbocycles. The topological polar surface area (TPSA) is 66.5 Å². The molecule has 2 aromatic rings. The molecule has 144 valence electrons. The Balaban J connectivity index is 1.72. The van der Waals surface area contributed by atoms with E-state index < -0.39 is 20.5 Å². The molecule has 1 heterocycles. The molecule has 2 aromatic carbocycles. The van der Waals surface area contributed by atoms with E-state index in [0.29, 0.717) is 13.0 Å². The number of amides is 1. The fourth-order valence-corrected chi connectivity index (χ4v) is 3.93. The van der Waals surface area contributed by atoms with Crippen LogP contribution in [0, 0.1) is 0 Å². The lowest BCUT2D eigenvalue weighted by atomic mass is 10.1. The number of alkyl halides is 2. The zero-order chi connectivity index (χ0) is 19.4. The minimum atomic E-state index is -4.68. The molecule has 5 nitrogen and oxygen atoms in total. The highest BCUT2D eigenvalue weighted by Crippen LogP contribution is 2.27. The van der Waals surface area contributed by atoms with E-state index in [9.17, 15) is 22.0 Å². The van der Waals surface area contributed by atoms with E-state index in [1.807, 2.05) is 24.3 Å². The fraction of sp³-hybridized carbons (Fsp3) is 0.316. The predicted molar refractivity (Wildman–Crippen MR) is 99.6 cm³/mol. The van der Waals surface area contributed by atoms with Crippen LogP contribution in [0.15, 0.2) is 53.4 Å². The number of para-hydroxylation sites is 1. The van der Waals surface area contributed by atoms with E-state index in [0.717, 1.165) is 30.2 Å². The van der Waals surface area contributed by atoms with Crippen LogP contribution in [0.4, 0.5) is 20.2 Å². The van der Waals surface area contributed by atoms with Crippen molar-refractivity contribution in [2.24, 2.45) is 0 Å². The van der Waals surface area contributed by atoms with Gasteiger partial charge in [0.15, 0.2) is 0 Å². The van der Waals surface area contributed by atoms with Gasteiger partial charge >= 0.3 is 5.76 Å². The maximum absolute atomic E-state index is 12.8. The highest BCUT2D eigenvalue weighted by atomic mass is 32.2. The van der Waals surface area contributed by atoms with Crippen LogP contribution in [-0.2, 0) is 21.2 Å². The standard InChI is InChI=1S/C19H20F2N2O3S/c20-19(21)27(25,26)17-6-2-1-5-16(17)22-13-14-8-10-15(11-9-14)23-12-4-3-7-18(23)24/h1-2,5-6,8-11,19,22H,3-4,7,12-13H2. The summed E-state index contributed by atoms with van der Waals surface area (Å²) in [5, 5.41) is 2.91. The summed E-state index contributed by atoms with van der Waals surface area (Å²) < 4.78 is 49.3. The zero-order valence-corrected chi connectivity index (χ0v) is 15.4. The molecule has 0 aromatic heterocycles. The lowest BCUT2D eigenvalue weighted by molar-refractivity contribution is -0.119.